The standard InChI is InChI=1S/C20H26FN3O4/c1-2-28-20(27)23-9-7-16(8-10-23)24-13-15(11-18(24)25)19(26)22-12-14-5-3-4-6-17(14)21/h3-6,15-16H,2,7-13H2,1H3,(H,22,26). The third-order valence-electron chi connectivity index (χ3n) is 5.37. The summed E-state index contributed by atoms with van der Waals surface area (Å²) >= 11 is 0. The van der Waals surface area contributed by atoms with Gasteiger partial charge >= 0.3 is 6.09 Å². The second-order valence-electron chi connectivity index (χ2n) is 7.17. The van der Waals surface area contributed by atoms with Crippen LogP contribution in [0.4, 0.5) is 9.18 Å². The zero-order valence-corrected chi connectivity index (χ0v) is 16.0. The lowest BCUT2D eigenvalue weighted by Gasteiger charge is -2.36. The highest BCUT2D eigenvalue weighted by molar-refractivity contribution is 5.89. The Morgan fingerprint density at radius 2 is 1.96 bits per heavy atom. The van der Waals surface area contributed by atoms with Gasteiger partial charge in [-0.3, -0.25) is 9.59 Å². The van der Waals surface area contributed by atoms with Crippen molar-refractivity contribution in [1.29, 1.82) is 0 Å². The van der Waals surface area contributed by atoms with Crippen LogP contribution in [0.5, 0.6) is 0 Å². The Morgan fingerprint density at radius 1 is 1.25 bits per heavy atom. The number of likely N-dealkylation sites (tertiary alicyclic amines) is 2. The molecule has 2 saturated heterocycles. The first-order chi connectivity index (χ1) is 13.5. The molecule has 0 saturated carbocycles. The number of hydrogen-bond acceptors (Lipinski definition) is 4. The van der Waals surface area contributed by atoms with Crippen LogP contribution < -0.4 is 5.32 Å². The van der Waals surface area contributed by atoms with E-state index in [4.69, 9.17) is 4.74 Å². The van der Waals surface area contributed by atoms with Crippen LogP contribution in [0.2, 0.25) is 0 Å². The van der Waals surface area contributed by atoms with Crippen LogP contribution in [0.1, 0.15) is 31.7 Å². The minimum Gasteiger partial charge on any atom is -0.450 e. The number of rotatable bonds is 5. The van der Waals surface area contributed by atoms with Gasteiger partial charge < -0.3 is 19.9 Å². The first-order valence-electron chi connectivity index (χ1n) is 9.72. The number of nitrogens with one attached hydrogen (secondary N) is 1. The number of carbonyl (C=O) groups excluding carboxylic acids is 3. The highest BCUT2D eigenvalue weighted by atomic mass is 19.1. The fourth-order valence-corrected chi connectivity index (χ4v) is 3.80. The first kappa shape index (κ1) is 20.1. The van der Waals surface area contributed by atoms with Crippen molar-refractivity contribution >= 4 is 17.9 Å². The summed E-state index contributed by atoms with van der Waals surface area (Å²) in [6, 6.07) is 6.32. The molecule has 0 aliphatic carbocycles. The molecule has 8 heteroatoms. The maximum absolute atomic E-state index is 13.7. The quantitative estimate of drug-likeness (QED) is 0.832. The van der Waals surface area contributed by atoms with Crippen molar-refractivity contribution < 1.29 is 23.5 Å². The van der Waals surface area contributed by atoms with Gasteiger partial charge in [-0.2, -0.15) is 0 Å². The molecule has 0 aromatic heterocycles. The maximum atomic E-state index is 13.7. The normalized spacial score (nSPS) is 20.4. The number of benzene rings is 1. The maximum Gasteiger partial charge on any atom is 0.409 e. The SMILES string of the molecule is CCOC(=O)N1CCC(N2CC(C(=O)NCc3ccccc3F)CC2=O)CC1. The van der Waals surface area contributed by atoms with E-state index in [9.17, 15) is 18.8 Å². The zero-order chi connectivity index (χ0) is 20.1. The first-order valence-corrected chi connectivity index (χ1v) is 9.72. The molecule has 1 N–H and O–H groups in total. The van der Waals surface area contributed by atoms with Crippen molar-refractivity contribution in [3.8, 4) is 0 Å². The minimum atomic E-state index is -0.428. The Balaban J connectivity index is 1.49. The van der Waals surface area contributed by atoms with Gasteiger partial charge in [0, 0.05) is 44.2 Å². The van der Waals surface area contributed by atoms with E-state index in [1.54, 1.807) is 34.9 Å². The van der Waals surface area contributed by atoms with Crippen LogP contribution in [0.25, 0.3) is 0 Å². The Labute approximate surface area is 163 Å². The fourth-order valence-electron chi connectivity index (χ4n) is 3.80. The van der Waals surface area contributed by atoms with Crippen LogP contribution in [0, 0.1) is 11.7 Å². The topological polar surface area (TPSA) is 79.0 Å². The molecule has 1 unspecified atom stereocenters. The molecule has 3 amide bonds. The van der Waals surface area contributed by atoms with E-state index in [-0.39, 0.29) is 42.7 Å². The molecule has 1 aromatic carbocycles. The Bertz CT molecular complexity index is 734. The van der Waals surface area contributed by atoms with E-state index in [1.807, 2.05) is 0 Å². The lowest BCUT2D eigenvalue weighted by molar-refractivity contribution is -0.131. The Morgan fingerprint density at radius 3 is 2.64 bits per heavy atom. The van der Waals surface area contributed by atoms with Gasteiger partial charge in [-0.15, -0.1) is 0 Å². The number of ether oxygens (including phenoxy) is 1. The number of carbonyl (C=O) groups is 3. The molecule has 3 rings (SSSR count). The van der Waals surface area contributed by atoms with Crippen molar-refractivity contribution in [1.82, 2.24) is 15.1 Å². The summed E-state index contributed by atoms with van der Waals surface area (Å²) in [7, 11) is 0. The van der Waals surface area contributed by atoms with Crippen LogP contribution in [0.3, 0.4) is 0 Å². The average molecular weight is 391 g/mol. The third kappa shape index (κ3) is 4.61. The predicted octanol–water partition coefficient (Wildman–Crippen LogP) is 1.91. The largest absolute Gasteiger partial charge is 0.450 e. The molecule has 152 valence electrons. The summed E-state index contributed by atoms with van der Waals surface area (Å²) in [6.45, 7) is 3.66. The molecule has 0 spiro atoms. The highest BCUT2D eigenvalue weighted by Crippen LogP contribution is 2.26. The van der Waals surface area contributed by atoms with Gasteiger partial charge in [-0.25, -0.2) is 9.18 Å². The minimum absolute atomic E-state index is 0.0301. The molecule has 1 atom stereocenters. The lowest BCUT2D eigenvalue weighted by Crippen LogP contribution is -2.47. The monoisotopic (exact) mass is 391 g/mol. The van der Waals surface area contributed by atoms with E-state index in [2.05, 4.69) is 5.32 Å². The van der Waals surface area contributed by atoms with Gasteiger partial charge in [0.05, 0.1) is 12.5 Å². The molecular formula is C20H26FN3O4. The van der Waals surface area contributed by atoms with Gasteiger partial charge in [-0.05, 0) is 25.8 Å². The van der Waals surface area contributed by atoms with E-state index in [1.165, 1.54) is 6.07 Å². The van der Waals surface area contributed by atoms with Gasteiger partial charge in [0.2, 0.25) is 11.8 Å². The molecule has 2 aliphatic rings. The summed E-state index contributed by atoms with van der Waals surface area (Å²) in [5.74, 6) is -1.06. The number of piperidine rings is 1. The van der Waals surface area contributed by atoms with Gasteiger partial charge in [-0.1, -0.05) is 18.2 Å². The molecular weight excluding hydrogens is 365 g/mol. The second-order valence-corrected chi connectivity index (χ2v) is 7.17. The number of amides is 3. The van der Waals surface area contributed by atoms with E-state index >= 15 is 0 Å². The van der Waals surface area contributed by atoms with Crippen molar-refractivity contribution in [3.05, 3.63) is 35.6 Å². The summed E-state index contributed by atoms with van der Waals surface area (Å²) < 4.78 is 18.7. The molecule has 1 aromatic rings. The highest BCUT2D eigenvalue weighted by Gasteiger charge is 2.39. The smallest absolute Gasteiger partial charge is 0.409 e. The van der Waals surface area contributed by atoms with Crippen LogP contribution in [0.15, 0.2) is 24.3 Å². The van der Waals surface area contributed by atoms with E-state index in [0.29, 0.717) is 44.6 Å². The van der Waals surface area contributed by atoms with Crippen molar-refractivity contribution in [2.45, 2.75) is 38.8 Å². The van der Waals surface area contributed by atoms with Gasteiger partial charge in [0.1, 0.15) is 5.82 Å². The third-order valence-corrected chi connectivity index (χ3v) is 5.37. The van der Waals surface area contributed by atoms with E-state index in [0.717, 1.165) is 0 Å². The summed E-state index contributed by atoms with van der Waals surface area (Å²) in [4.78, 5) is 40.1. The van der Waals surface area contributed by atoms with Crippen LogP contribution in [-0.4, -0.2) is 60.0 Å². The number of halogens is 1. The molecule has 2 heterocycles. The average Bonchev–Trinajstić information content (AvgIpc) is 3.09. The molecule has 7 nitrogen and oxygen atoms in total. The zero-order valence-electron chi connectivity index (χ0n) is 16.0. The number of nitrogens with zero attached hydrogens (tertiary/aromatic N) is 2. The fraction of sp³-hybridized carbons (Fsp3) is 0.550. The Kier molecular flexibility index (Phi) is 6.49. The molecule has 2 aliphatic heterocycles. The second kappa shape index (κ2) is 9.03. The number of hydrogen-bond donors (Lipinski definition) is 1. The van der Waals surface area contributed by atoms with Gasteiger partial charge in [0.15, 0.2) is 0 Å². The molecule has 2 fully saturated rings. The van der Waals surface area contributed by atoms with Crippen LogP contribution >= 0.6 is 0 Å². The molecule has 28 heavy (non-hydrogen) atoms. The van der Waals surface area contributed by atoms with Gasteiger partial charge in [0.25, 0.3) is 0 Å². The Hall–Kier alpha value is -2.64. The van der Waals surface area contributed by atoms with Crippen molar-refractivity contribution in [2.75, 3.05) is 26.2 Å². The lowest BCUT2D eigenvalue weighted by atomic mass is 10.0. The van der Waals surface area contributed by atoms with Crippen LogP contribution in [-0.2, 0) is 20.9 Å². The van der Waals surface area contributed by atoms with Crippen molar-refractivity contribution in [2.24, 2.45) is 5.92 Å². The molecule has 0 bridgehead atoms. The molecule has 0 radical (unpaired) electrons. The summed E-state index contributed by atoms with van der Waals surface area (Å²) in [5.41, 5.74) is 0.420. The summed E-state index contributed by atoms with van der Waals surface area (Å²) in [5, 5.41) is 2.73. The summed E-state index contributed by atoms with van der Waals surface area (Å²) in [6.07, 6.45) is 1.20. The van der Waals surface area contributed by atoms with Crippen molar-refractivity contribution in [3.63, 3.8) is 0 Å². The van der Waals surface area contributed by atoms with E-state index < -0.39 is 5.92 Å². The predicted molar refractivity (Wildman–Crippen MR) is 99.7 cm³/mol.